The molecule has 1 N–H and O–H groups in total. The Morgan fingerprint density at radius 3 is 2.54 bits per heavy atom. The van der Waals surface area contributed by atoms with Crippen molar-refractivity contribution in [3.05, 3.63) is 29.8 Å². The van der Waals surface area contributed by atoms with Gasteiger partial charge in [0.05, 0.1) is 12.8 Å². The zero-order chi connectivity index (χ0) is 17.3. The van der Waals surface area contributed by atoms with Crippen molar-refractivity contribution in [2.45, 2.75) is 17.7 Å². The Labute approximate surface area is 142 Å². The predicted molar refractivity (Wildman–Crippen MR) is 87.6 cm³/mol. The second-order valence-corrected chi connectivity index (χ2v) is 7.45. The molecule has 10 heteroatoms. The van der Waals surface area contributed by atoms with Crippen LogP contribution in [0, 0.1) is 0 Å². The number of ether oxygens (including phenoxy) is 1. The molecule has 2 amide bonds. The molecule has 0 atom stereocenters. The average molecular weight is 367 g/mol. The maximum Gasteiger partial charge on any atom is 0.267 e. The van der Waals surface area contributed by atoms with Crippen molar-refractivity contribution in [3.63, 3.8) is 0 Å². The van der Waals surface area contributed by atoms with E-state index in [1.54, 1.807) is 5.38 Å². The third kappa shape index (κ3) is 2.97. The van der Waals surface area contributed by atoms with Crippen LogP contribution in [0.1, 0.15) is 12.8 Å². The Bertz CT molecular complexity index is 877. The monoisotopic (exact) mass is 367 g/mol. The molecule has 0 aliphatic carbocycles. The van der Waals surface area contributed by atoms with Gasteiger partial charge in [-0.15, -0.1) is 11.3 Å². The summed E-state index contributed by atoms with van der Waals surface area (Å²) in [6.45, 7) is 0. The van der Waals surface area contributed by atoms with Gasteiger partial charge in [-0.2, -0.15) is 0 Å². The lowest BCUT2D eigenvalue weighted by Crippen LogP contribution is -2.28. The lowest BCUT2D eigenvalue weighted by Gasteiger charge is -2.17. The molecule has 1 aliphatic heterocycles. The number of carbonyl (C=O) groups excluding carboxylic acids is 2. The largest absolute Gasteiger partial charge is 0.495 e. The molecule has 1 fully saturated rings. The van der Waals surface area contributed by atoms with Gasteiger partial charge in [0, 0.05) is 24.4 Å². The minimum atomic E-state index is -3.99. The minimum absolute atomic E-state index is 0.0990. The molecule has 0 unspecified atom stereocenters. The Morgan fingerprint density at radius 1 is 1.25 bits per heavy atom. The van der Waals surface area contributed by atoms with Crippen LogP contribution >= 0.6 is 11.3 Å². The first-order valence-electron chi connectivity index (χ1n) is 6.88. The van der Waals surface area contributed by atoms with Crippen LogP contribution in [0.3, 0.4) is 0 Å². The van der Waals surface area contributed by atoms with Gasteiger partial charge in [-0.3, -0.25) is 19.2 Å². The van der Waals surface area contributed by atoms with E-state index in [4.69, 9.17) is 4.74 Å². The highest BCUT2D eigenvalue weighted by molar-refractivity contribution is 7.93. The van der Waals surface area contributed by atoms with Gasteiger partial charge in [0.15, 0.2) is 5.13 Å². The number of amides is 2. The van der Waals surface area contributed by atoms with Crippen LogP contribution in [0.5, 0.6) is 5.75 Å². The predicted octanol–water partition coefficient (Wildman–Crippen LogP) is 1.61. The van der Waals surface area contributed by atoms with Crippen molar-refractivity contribution in [3.8, 4) is 5.75 Å². The third-order valence-corrected chi connectivity index (χ3v) is 5.58. The van der Waals surface area contributed by atoms with E-state index in [0.717, 1.165) is 16.2 Å². The highest BCUT2D eigenvalue weighted by Gasteiger charge is 2.32. The van der Waals surface area contributed by atoms with Crippen molar-refractivity contribution in [2.24, 2.45) is 0 Å². The zero-order valence-electron chi connectivity index (χ0n) is 12.6. The van der Waals surface area contributed by atoms with Crippen molar-refractivity contribution < 1.29 is 22.7 Å². The van der Waals surface area contributed by atoms with Gasteiger partial charge in [0.2, 0.25) is 11.8 Å². The molecule has 0 spiro atoms. The summed E-state index contributed by atoms with van der Waals surface area (Å²) in [5.74, 6) is -0.621. The lowest BCUT2D eigenvalue weighted by atomic mass is 10.2. The van der Waals surface area contributed by atoms with Crippen LogP contribution < -0.4 is 14.4 Å². The van der Waals surface area contributed by atoms with Gasteiger partial charge in [-0.1, -0.05) is 0 Å². The summed E-state index contributed by atoms with van der Waals surface area (Å²) in [5, 5.41) is 1.84. The normalized spacial score (nSPS) is 15.0. The number of anilines is 2. The van der Waals surface area contributed by atoms with E-state index >= 15 is 0 Å². The van der Waals surface area contributed by atoms with E-state index < -0.39 is 10.0 Å². The highest BCUT2D eigenvalue weighted by atomic mass is 32.2. The Morgan fingerprint density at radius 2 is 1.96 bits per heavy atom. The summed E-state index contributed by atoms with van der Waals surface area (Å²) in [6, 6.07) is 4.13. The minimum Gasteiger partial charge on any atom is -0.495 e. The number of hydrogen-bond acceptors (Lipinski definition) is 7. The Balaban J connectivity index is 2.04. The lowest BCUT2D eigenvalue weighted by molar-refractivity contribution is -0.121. The van der Waals surface area contributed by atoms with Crippen LogP contribution in [-0.4, -0.2) is 32.3 Å². The van der Waals surface area contributed by atoms with Crippen LogP contribution in [0.2, 0.25) is 0 Å². The summed E-state index contributed by atoms with van der Waals surface area (Å²) >= 11 is 1.13. The van der Waals surface area contributed by atoms with E-state index in [0.29, 0.717) is 0 Å². The van der Waals surface area contributed by atoms with Gasteiger partial charge in [-0.25, -0.2) is 13.4 Å². The maximum absolute atomic E-state index is 12.6. The fourth-order valence-electron chi connectivity index (χ4n) is 2.32. The van der Waals surface area contributed by atoms with Crippen LogP contribution in [0.15, 0.2) is 34.7 Å². The molecule has 1 saturated heterocycles. The Hall–Kier alpha value is -2.46. The molecule has 1 aromatic heterocycles. The number of nitrogens with zero attached hydrogens (tertiary/aromatic N) is 2. The fourth-order valence-corrected chi connectivity index (χ4v) is 4.30. The Kier molecular flexibility index (Phi) is 4.24. The van der Waals surface area contributed by atoms with Gasteiger partial charge < -0.3 is 4.74 Å². The molecule has 0 saturated carbocycles. The van der Waals surface area contributed by atoms with Crippen molar-refractivity contribution >= 4 is 44.0 Å². The van der Waals surface area contributed by atoms with E-state index in [2.05, 4.69) is 9.71 Å². The van der Waals surface area contributed by atoms with Crippen LogP contribution in [0.25, 0.3) is 0 Å². The van der Waals surface area contributed by atoms with E-state index in [1.165, 1.54) is 31.5 Å². The average Bonchev–Trinajstić information content (AvgIpc) is 3.16. The quantitative estimate of drug-likeness (QED) is 0.805. The molecule has 3 rings (SSSR count). The molecular formula is C14H13N3O5S2. The van der Waals surface area contributed by atoms with Crippen molar-refractivity contribution in [2.75, 3.05) is 16.7 Å². The standard InChI is InChI=1S/C14H13N3O5S2/c1-22-10-3-2-9(17-12(18)4-5-13(17)19)8-11(10)24(20,21)16-14-15-6-7-23-14/h2-3,6-8H,4-5H2,1H3,(H,15,16). The number of sulfonamides is 1. The molecule has 2 aromatic rings. The fraction of sp³-hybridized carbons (Fsp3) is 0.214. The maximum atomic E-state index is 12.6. The number of aromatic nitrogens is 1. The molecule has 126 valence electrons. The second kappa shape index (κ2) is 6.21. The second-order valence-electron chi connectivity index (χ2n) is 4.90. The topological polar surface area (TPSA) is 106 Å². The molecule has 24 heavy (non-hydrogen) atoms. The number of thiazole rings is 1. The first kappa shape index (κ1) is 16.4. The molecule has 0 bridgehead atoms. The summed E-state index contributed by atoms with van der Waals surface area (Å²) in [6.07, 6.45) is 1.70. The molecule has 8 nitrogen and oxygen atoms in total. The van der Waals surface area contributed by atoms with Gasteiger partial charge in [0.1, 0.15) is 10.6 Å². The number of hydrogen-bond donors (Lipinski definition) is 1. The third-order valence-electron chi connectivity index (χ3n) is 3.40. The number of rotatable bonds is 5. The molecule has 1 aromatic carbocycles. The van der Waals surface area contributed by atoms with Crippen LogP contribution in [-0.2, 0) is 19.6 Å². The summed E-state index contributed by atoms with van der Waals surface area (Å²) in [4.78, 5) is 28.4. The highest BCUT2D eigenvalue weighted by Crippen LogP contribution is 2.32. The SMILES string of the molecule is COc1ccc(N2C(=O)CCC2=O)cc1S(=O)(=O)Nc1nccs1. The number of nitrogens with one attached hydrogen (secondary N) is 1. The molecule has 1 aliphatic rings. The number of methoxy groups -OCH3 is 1. The number of carbonyl (C=O) groups is 2. The smallest absolute Gasteiger partial charge is 0.267 e. The summed E-state index contributed by atoms with van der Waals surface area (Å²) < 4.78 is 32.6. The molecule has 2 heterocycles. The first-order valence-corrected chi connectivity index (χ1v) is 9.25. The van der Waals surface area contributed by atoms with Crippen molar-refractivity contribution in [1.82, 2.24) is 4.98 Å². The summed E-state index contributed by atoms with van der Waals surface area (Å²) in [5.41, 5.74) is 0.197. The first-order chi connectivity index (χ1) is 11.4. The molecule has 0 radical (unpaired) electrons. The van der Waals surface area contributed by atoms with E-state index in [1.807, 2.05) is 0 Å². The van der Waals surface area contributed by atoms with Gasteiger partial charge in [-0.05, 0) is 18.2 Å². The zero-order valence-corrected chi connectivity index (χ0v) is 14.2. The van der Waals surface area contributed by atoms with E-state index in [9.17, 15) is 18.0 Å². The molecular weight excluding hydrogens is 354 g/mol. The number of imide groups is 1. The van der Waals surface area contributed by atoms with E-state index in [-0.39, 0.29) is 46.1 Å². The number of benzene rings is 1. The van der Waals surface area contributed by atoms with Crippen LogP contribution in [0.4, 0.5) is 10.8 Å². The summed E-state index contributed by atoms with van der Waals surface area (Å²) in [7, 11) is -2.65. The van der Waals surface area contributed by atoms with Gasteiger partial charge in [0.25, 0.3) is 10.0 Å². The van der Waals surface area contributed by atoms with Gasteiger partial charge >= 0.3 is 0 Å². The van der Waals surface area contributed by atoms with Crippen molar-refractivity contribution in [1.29, 1.82) is 0 Å².